The van der Waals surface area contributed by atoms with Gasteiger partial charge in [-0.15, -0.1) is 11.3 Å². The normalized spacial score (nSPS) is 11.2. The van der Waals surface area contributed by atoms with Gasteiger partial charge in [-0.3, -0.25) is 0 Å². The molecule has 0 fully saturated rings. The predicted octanol–water partition coefficient (Wildman–Crippen LogP) is 3.05. The number of likely N-dealkylation sites (N-methyl/N-ethyl adjacent to an activating group) is 1. The number of nitrogens with zero attached hydrogens (tertiary/aromatic N) is 1. The summed E-state index contributed by atoms with van der Waals surface area (Å²) in [6.45, 7) is 0.996. The number of para-hydroxylation sites is 1. The van der Waals surface area contributed by atoms with Gasteiger partial charge in [-0.2, -0.15) is 0 Å². The maximum absolute atomic E-state index is 4.53. The highest BCUT2D eigenvalue weighted by atomic mass is 32.1. The molecule has 3 rings (SSSR count). The highest BCUT2D eigenvalue weighted by Gasteiger charge is 2.09. The predicted molar refractivity (Wildman–Crippen MR) is 77.0 cm³/mol. The number of aromatic amines is 1. The Morgan fingerprint density at radius 3 is 3.11 bits per heavy atom. The lowest BCUT2D eigenvalue weighted by Crippen LogP contribution is -2.09. The van der Waals surface area contributed by atoms with Crippen LogP contribution in [0.1, 0.15) is 4.88 Å². The molecule has 18 heavy (non-hydrogen) atoms. The summed E-state index contributed by atoms with van der Waals surface area (Å²) in [6, 6.07) is 8.34. The summed E-state index contributed by atoms with van der Waals surface area (Å²) in [7, 11) is 1.97. The van der Waals surface area contributed by atoms with Crippen molar-refractivity contribution in [2.24, 2.45) is 0 Å². The molecule has 0 radical (unpaired) electrons. The molecule has 3 nitrogen and oxygen atoms in total. The fourth-order valence-corrected chi connectivity index (χ4v) is 2.99. The average Bonchev–Trinajstić information content (AvgIpc) is 3.02. The number of H-pyrrole nitrogens is 1. The van der Waals surface area contributed by atoms with Gasteiger partial charge in [-0.25, -0.2) is 4.98 Å². The molecule has 92 valence electrons. The smallest absolute Gasteiger partial charge is 0.125 e. The molecule has 0 aliphatic rings. The molecule has 3 aromatic rings. The first-order valence-corrected chi connectivity index (χ1v) is 6.86. The quantitative estimate of drug-likeness (QED) is 0.754. The van der Waals surface area contributed by atoms with Crippen molar-refractivity contribution >= 4 is 22.2 Å². The second kappa shape index (κ2) is 4.92. The number of nitrogens with one attached hydrogen (secondary N) is 2. The van der Waals surface area contributed by atoms with Gasteiger partial charge in [-0.1, -0.05) is 18.2 Å². The summed E-state index contributed by atoms with van der Waals surface area (Å²) in [5.74, 6) is 0. The van der Waals surface area contributed by atoms with E-state index in [1.165, 1.54) is 21.3 Å². The van der Waals surface area contributed by atoms with E-state index in [9.17, 15) is 0 Å². The van der Waals surface area contributed by atoms with E-state index in [1.54, 1.807) is 11.3 Å². The zero-order chi connectivity index (χ0) is 12.4. The molecule has 1 aromatic carbocycles. The summed E-state index contributed by atoms with van der Waals surface area (Å²) >= 11 is 1.77. The van der Waals surface area contributed by atoms with Crippen LogP contribution in [0.5, 0.6) is 0 Å². The molecule has 0 atom stereocenters. The van der Waals surface area contributed by atoms with Gasteiger partial charge in [0.15, 0.2) is 0 Å². The standard InChI is InChI=1S/C14H15N3S/c1-15-7-6-10-8-17-14(18-10)12-9-16-13-5-3-2-4-11(12)13/h2-5,8-9,15-16H,6-7H2,1H3. The van der Waals surface area contributed by atoms with Crippen LogP contribution < -0.4 is 5.32 Å². The van der Waals surface area contributed by atoms with Gasteiger partial charge in [0.1, 0.15) is 5.01 Å². The summed E-state index contributed by atoms with van der Waals surface area (Å²) in [4.78, 5) is 9.15. The van der Waals surface area contributed by atoms with Gasteiger partial charge in [0.05, 0.1) is 0 Å². The Morgan fingerprint density at radius 2 is 2.22 bits per heavy atom. The Labute approximate surface area is 110 Å². The van der Waals surface area contributed by atoms with E-state index < -0.39 is 0 Å². The third-order valence-electron chi connectivity index (χ3n) is 2.99. The van der Waals surface area contributed by atoms with E-state index in [0.29, 0.717) is 0 Å². The van der Waals surface area contributed by atoms with Crippen molar-refractivity contribution in [1.82, 2.24) is 15.3 Å². The average molecular weight is 257 g/mol. The zero-order valence-electron chi connectivity index (χ0n) is 10.2. The first kappa shape index (κ1) is 11.4. The van der Waals surface area contributed by atoms with Crippen LogP contribution in [0.4, 0.5) is 0 Å². The van der Waals surface area contributed by atoms with Crippen molar-refractivity contribution in [1.29, 1.82) is 0 Å². The Hall–Kier alpha value is -1.65. The SMILES string of the molecule is CNCCc1cnc(-c2c[nH]c3ccccc23)s1. The lowest BCUT2D eigenvalue weighted by atomic mass is 10.2. The Balaban J connectivity index is 1.96. The van der Waals surface area contributed by atoms with Crippen molar-refractivity contribution in [2.45, 2.75) is 6.42 Å². The third kappa shape index (κ3) is 2.05. The van der Waals surface area contributed by atoms with Crippen molar-refractivity contribution in [3.05, 3.63) is 41.5 Å². The van der Waals surface area contributed by atoms with Crippen LogP contribution in [0.3, 0.4) is 0 Å². The summed E-state index contributed by atoms with van der Waals surface area (Å²) in [5.41, 5.74) is 2.37. The number of fused-ring (bicyclic) bond motifs is 1. The van der Waals surface area contributed by atoms with Gasteiger partial charge in [-0.05, 0) is 26.1 Å². The van der Waals surface area contributed by atoms with Crippen molar-refractivity contribution in [2.75, 3.05) is 13.6 Å². The lowest BCUT2D eigenvalue weighted by molar-refractivity contribution is 0.798. The van der Waals surface area contributed by atoms with Crippen LogP contribution in [0, 0.1) is 0 Å². The van der Waals surface area contributed by atoms with Crippen molar-refractivity contribution < 1.29 is 0 Å². The van der Waals surface area contributed by atoms with Crippen LogP contribution >= 0.6 is 11.3 Å². The van der Waals surface area contributed by atoms with Gasteiger partial charge in [0.2, 0.25) is 0 Å². The summed E-state index contributed by atoms with van der Waals surface area (Å²) < 4.78 is 0. The Bertz CT molecular complexity index is 654. The van der Waals surface area contributed by atoms with Crippen LogP contribution in [-0.2, 0) is 6.42 Å². The molecular formula is C14H15N3S. The fraction of sp³-hybridized carbons (Fsp3) is 0.214. The molecular weight excluding hydrogens is 242 g/mol. The maximum Gasteiger partial charge on any atom is 0.125 e. The fourth-order valence-electron chi connectivity index (χ4n) is 2.04. The van der Waals surface area contributed by atoms with Gasteiger partial charge in [0, 0.05) is 33.7 Å². The molecule has 0 aliphatic heterocycles. The number of hydrogen-bond donors (Lipinski definition) is 2. The maximum atomic E-state index is 4.53. The minimum absolute atomic E-state index is 0.996. The molecule has 0 aliphatic carbocycles. The Morgan fingerprint density at radius 1 is 1.33 bits per heavy atom. The minimum Gasteiger partial charge on any atom is -0.360 e. The highest BCUT2D eigenvalue weighted by molar-refractivity contribution is 7.15. The largest absolute Gasteiger partial charge is 0.360 e. The molecule has 0 amide bonds. The Kier molecular flexibility index (Phi) is 3.13. The molecule has 0 spiro atoms. The van der Waals surface area contributed by atoms with E-state index in [2.05, 4.69) is 33.5 Å². The molecule has 0 bridgehead atoms. The molecule has 0 saturated carbocycles. The first-order valence-electron chi connectivity index (χ1n) is 6.04. The van der Waals surface area contributed by atoms with E-state index in [4.69, 9.17) is 0 Å². The summed E-state index contributed by atoms with van der Waals surface area (Å²) in [6.07, 6.45) is 5.07. The van der Waals surface area contributed by atoms with E-state index in [0.717, 1.165) is 18.0 Å². The number of rotatable bonds is 4. The van der Waals surface area contributed by atoms with E-state index in [-0.39, 0.29) is 0 Å². The van der Waals surface area contributed by atoms with Crippen LogP contribution in [0.25, 0.3) is 21.5 Å². The lowest BCUT2D eigenvalue weighted by Gasteiger charge is -1.94. The molecule has 2 heterocycles. The van der Waals surface area contributed by atoms with E-state index >= 15 is 0 Å². The van der Waals surface area contributed by atoms with Gasteiger partial charge >= 0.3 is 0 Å². The molecule has 0 saturated heterocycles. The van der Waals surface area contributed by atoms with Crippen LogP contribution in [0.2, 0.25) is 0 Å². The van der Waals surface area contributed by atoms with Crippen molar-refractivity contribution in [3.8, 4) is 10.6 Å². The zero-order valence-corrected chi connectivity index (χ0v) is 11.1. The second-order valence-electron chi connectivity index (χ2n) is 4.23. The minimum atomic E-state index is 0.996. The van der Waals surface area contributed by atoms with E-state index in [1.807, 2.05) is 25.5 Å². The molecule has 2 aromatic heterocycles. The molecule has 4 heteroatoms. The van der Waals surface area contributed by atoms with Gasteiger partial charge in [0.25, 0.3) is 0 Å². The topological polar surface area (TPSA) is 40.7 Å². The summed E-state index contributed by atoms with van der Waals surface area (Å²) in [5, 5.41) is 5.50. The molecule has 0 unspecified atom stereocenters. The van der Waals surface area contributed by atoms with Crippen LogP contribution in [0.15, 0.2) is 36.7 Å². The third-order valence-corrected chi connectivity index (χ3v) is 4.09. The van der Waals surface area contributed by atoms with Gasteiger partial charge < -0.3 is 10.3 Å². The number of aromatic nitrogens is 2. The number of thiazole rings is 1. The second-order valence-corrected chi connectivity index (χ2v) is 5.35. The van der Waals surface area contributed by atoms with Crippen molar-refractivity contribution in [3.63, 3.8) is 0 Å². The monoisotopic (exact) mass is 257 g/mol. The first-order chi connectivity index (χ1) is 8.88. The molecule has 2 N–H and O–H groups in total. The highest BCUT2D eigenvalue weighted by Crippen LogP contribution is 2.31. The van der Waals surface area contributed by atoms with Crippen LogP contribution in [-0.4, -0.2) is 23.6 Å². The number of benzene rings is 1. The number of hydrogen-bond acceptors (Lipinski definition) is 3.